The number of aromatic nitrogens is 1. The van der Waals surface area contributed by atoms with E-state index in [0.29, 0.717) is 31.1 Å². The molecule has 41 heavy (non-hydrogen) atoms. The Kier molecular flexibility index (Phi) is 9.91. The normalized spacial score (nSPS) is 13.0. The van der Waals surface area contributed by atoms with Crippen LogP contribution in [0.25, 0.3) is 11.5 Å². The average molecular weight is 581 g/mol. The highest BCUT2D eigenvalue weighted by atomic mass is 32.2. The van der Waals surface area contributed by atoms with E-state index in [1.165, 1.54) is 12.1 Å². The molecule has 4 rings (SSSR count). The van der Waals surface area contributed by atoms with Gasteiger partial charge < -0.3 is 13.3 Å². The lowest BCUT2D eigenvalue weighted by Gasteiger charge is -2.26. The zero-order valence-electron chi connectivity index (χ0n) is 23.2. The highest BCUT2D eigenvalue weighted by molar-refractivity contribution is 7.86. The molecular formula is C31H33FN2O6S. The maximum Gasteiger partial charge on any atom is 0.339 e. The second-order valence-corrected chi connectivity index (χ2v) is 11.2. The quantitative estimate of drug-likeness (QED) is 0.205. The zero-order chi connectivity index (χ0) is 29.4. The molecule has 0 aliphatic rings. The van der Waals surface area contributed by atoms with Crippen LogP contribution in [0.1, 0.15) is 41.8 Å². The molecule has 216 valence electrons. The molecule has 0 spiro atoms. The van der Waals surface area contributed by atoms with Gasteiger partial charge in [-0.2, -0.15) is 8.42 Å². The van der Waals surface area contributed by atoms with E-state index in [-0.39, 0.29) is 12.4 Å². The van der Waals surface area contributed by atoms with Crippen molar-refractivity contribution in [2.24, 2.45) is 0 Å². The smallest absolute Gasteiger partial charge is 0.339 e. The number of carbonyl (C=O) groups is 1. The van der Waals surface area contributed by atoms with Gasteiger partial charge in [-0.3, -0.25) is 5.32 Å². The maximum atomic E-state index is 13.3. The third-order valence-corrected chi connectivity index (χ3v) is 7.07. The number of benzene rings is 3. The Bertz CT molecular complexity index is 1540. The van der Waals surface area contributed by atoms with E-state index in [9.17, 15) is 17.6 Å². The van der Waals surface area contributed by atoms with Crippen molar-refractivity contribution >= 4 is 16.1 Å². The molecule has 3 aromatic carbocycles. The zero-order valence-corrected chi connectivity index (χ0v) is 24.0. The summed E-state index contributed by atoms with van der Waals surface area (Å²) in [6, 6.07) is 21.9. The molecule has 0 fully saturated rings. The molecule has 0 saturated carbocycles. The fraction of sp³-hybridized carbons (Fsp3) is 0.290. The van der Waals surface area contributed by atoms with Crippen LogP contribution in [0.3, 0.4) is 0 Å². The maximum absolute atomic E-state index is 13.3. The molecule has 0 saturated heterocycles. The first-order valence-corrected chi connectivity index (χ1v) is 15.1. The molecule has 4 aromatic rings. The van der Waals surface area contributed by atoms with Crippen LogP contribution in [-0.2, 0) is 32.1 Å². The summed E-state index contributed by atoms with van der Waals surface area (Å²) in [7, 11) is -4.01. The van der Waals surface area contributed by atoms with Crippen molar-refractivity contribution in [1.82, 2.24) is 10.3 Å². The first-order valence-electron chi connectivity index (χ1n) is 13.3. The lowest BCUT2D eigenvalue weighted by molar-refractivity contribution is -0.136. The van der Waals surface area contributed by atoms with Gasteiger partial charge in [0, 0.05) is 24.4 Å². The molecule has 0 aliphatic heterocycles. The van der Waals surface area contributed by atoms with Gasteiger partial charge in [0.25, 0.3) is 0 Å². The molecule has 1 N–H and O–H groups in total. The number of hydrogen-bond acceptors (Lipinski definition) is 8. The summed E-state index contributed by atoms with van der Waals surface area (Å²) in [5.74, 6) is 0.289. The van der Waals surface area contributed by atoms with Crippen LogP contribution in [-0.4, -0.2) is 38.3 Å². The molecule has 1 heterocycles. The fourth-order valence-corrected chi connectivity index (χ4v) is 4.93. The summed E-state index contributed by atoms with van der Waals surface area (Å²) in [5, 5.41) is 3.10. The number of halogens is 1. The summed E-state index contributed by atoms with van der Waals surface area (Å²) in [6.07, 6.45) is 1.92. The van der Waals surface area contributed by atoms with Crippen LogP contribution in [0.2, 0.25) is 0 Å². The Morgan fingerprint density at radius 3 is 2.34 bits per heavy atom. The van der Waals surface area contributed by atoms with Gasteiger partial charge >= 0.3 is 16.1 Å². The first-order chi connectivity index (χ1) is 19.6. The van der Waals surface area contributed by atoms with Crippen LogP contribution in [0, 0.1) is 12.7 Å². The summed E-state index contributed by atoms with van der Waals surface area (Å²) in [5.41, 5.74) is 3.28. The van der Waals surface area contributed by atoms with E-state index in [4.69, 9.17) is 13.3 Å². The van der Waals surface area contributed by atoms with Gasteiger partial charge in [0.15, 0.2) is 0 Å². The third-order valence-electron chi connectivity index (χ3n) is 6.60. The molecule has 8 nitrogen and oxygen atoms in total. The van der Waals surface area contributed by atoms with Gasteiger partial charge in [0.1, 0.15) is 23.4 Å². The Morgan fingerprint density at radius 2 is 1.71 bits per heavy atom. The number of carbonyl (C=O) groups excluding carboxylic acids is 1. The Labute approximate surface area is 239 Å². The molecule has 1 aromatic heterocycles. The van der Waals surface area contributed by atoms with E-state index in [1.807, 2.05) is 68.4 Å². The van der Waals surface area contributed by atoms with Gasteiger partial charge in [-0.25, -0.2) is 14.2 Å². The Morgan fingerprint density at radius 1 is 1.02 bits per heavy atom. The largest absolute Gasteiger partial charge is 0.493 e. The number of nitrogens with zero attached hydrogens (tertiary/aromatic N) is 1. The first kappa shape index (κ1) is 30.0. The SMILES string of the molecule is CCC(c1ccc(OCCc2nc(-c3ccccc3)oc2C)cc1)C(NCc1ccc(F)cc1)C(=O)OS(C)(=O)=O. The number of oxazole rings is 1. The van der Waals surface area contributed by atoms with E-state index in [1.54, 1.807) is 12.1 Å². The monoisotopic (exact) mass is 580 g/mol. The second-order valence-electron chi connectivity index (χ2n) is 9.66. The summed E-state index contributed by atoms with van der Waals surface area (Å²) < 4.78 is 53.2. The Hall–Kier alpha value is -4.02. The minimum Gasteiger partial charge on any atom is -0.493 e. The van der Waals surface area contributed by atoms with Crippen molar-refractivity contribution in [1.29, 1.82) is 0 Å². The van der Waals surface area contributed by atoms with Crippen LogP contribution in [0.4, 0.5) is 4.39 Å². The van der Waals surface area contributed by atoms with Crippen molar-refractivity contribution in [2.45, 2.75) is 45.2 Å². The number of rotatable bonds is 13. The predicted octanol–water partition coefficient (Wildman–Crippen LogP) is 5.57. The minimum absolute atomic E-state index is 0.217. The number of aryl methyl sites for hydroxylation is 1. The van der Waals surface area contributed by atoms with Gasteiger partial charge in [-0.05, 0) is 60.9 Å². The standard InChI is InChI=1S/C31H33FN2O6S/c1-4-27(29(31(35)40-41(3,36)37)33-20-22-10-14-25(32)15-11-22)23-12-16-26(17-13-23)38-19-18-28-21(2)39-30(34-28)24-8-6-5-7-9-24/h5-17,27,29,33H,4,18-20H2,1-3H3. The lowest BCUT2D eigenvalue weighted by atomic mass is 9.89. The van der Waals surface area contributed by atoms with E-state index in [2.05, 4.69) is 10.3 Å². The van der Waals surface area contributed by atoms with Crippen LogP contribution in [0.5, 0.6) is 5.75 Å². The number of hydrogen-bond donors (Lipinski definition) is 1. The second kappa shape index (κ2) is 13.6. The number of nitrogens with one attached hydrogen (secondary N) is 1. The predicted molar refractivity (Wildman–Crippen MR) is 153 cm³/mol. The van der Waals surface area contributed by atoms with Crippen molar-refractivity contribution < 1.29 is 30.9 Å². The van der Waals surface area contributed by atoms with E-state index in [0.717, 1.165) is 34.4 Å². The van der Waals surface area contributed by atoms with E-state index < -0.39 is 28.0 Å². The van der Waals surface area contributed by atoms with Gasteiger partial charge in [-0.1, -0.05) is 49.4 Å². The number of ether oxygens (including phenoxy) is 1. The Balaban J connectivity index is 1.42. The molecular weight excluding hydrogens is 547 g/mol. The molecule has 0 bridgehead atoms. The van der Waals surface area contributed by atoms with Crippen LogP contribution in [0.15, 0.2) is 83.3 Å². The molecule has 2 atom stereocenters. The molecule has 2 unspecified atom stereocenters. The van der Waals surface area contributed by atoms with E-state index >= 15 is 0 Å². The summed E-state index contributed by atoms with van der Waals surface area (Å²) in [4.78, 5) is 17.5. The third kappa shape index (κ3) is 8.48. The lowest BCUT2D eigenvalue weighted by Crippen LogP contribution is -2.43. The van der Waals surface area contributed by atoms with Crippen molar-refractivity contribution in [2.75, 3.05) is 12.9 Å². The van der Waals surface area contributed by atoms with Crippen LogP contribution >= 0.6 is 0 Å². The minimum atomic E-state index is -4.01. The average Bonchev–Trinajstić information content (AvgIpc) is 3.32. The van der Waals surface area contributed by atoms with Gasteiger partial charge in [-0.15, -0.1) is 0 Å². The van der Waals surface area contributed by atoms with Crippen molar-refractivity contribution in [3.8, 4) is 17.2 Å². The van der Waals surface area contributed by atoms with Gasteiger partial charge in [0.05, 0.1) is 18.6 Å². The van der Waals surface area contributed by atoms with Crippen LogP contribution < -0.4 is 10.1 Å². The highest BCUT2D eigenvalue weighted by Gasteiger charge is 2.31. The summed E-state index contributed by atoms with van der Waals surface area (Å²) in [6.45, 7) is 4.39. The molecule has 0 amide bonds. The van der Waals surface area contributed by atoms with Crippen molar-refractivity contribution in [3.05, 3.63) is 107 Å². The topological polar surface area (TPSA) is 108 Å². The van der Waals surface area contributed by atoms with Gasteiger partial charge in [0.2, 0.25) is 5.89 Å². The molecule has 0 radical (unpaired) electrons. The highest BCUT2D eigenvalue weighted by Crippen LogP contribution is 2.28. The molecule has 0 aliphatic carbocycles. The molecule has 10 heteroatoms. The van der Waals surface area contributed by atoms with Crippen molar-refractivity contribution in [3.63, 3.8) is 0 Å². The summed E-state index contributed by atoms with van der Waals surface area (Å²) >= 11 is 0. The fourth-order valence-electron chi connectivity index (χ4n) is 4.53.